The Hall–Kier alpha value is -1.08. The van der Waals surface area contributed by atoms with Crippen LogP contribution in [-0.4, -0.2) is 23.2 Å². The summed E-state index contributed by atoms with van der Waals surface area (Å²) in [6, 6.07) is 1.49. The second kappa shape index (κ2) is 3.82. The van der Waals surface area contributed by atoms with E-state index in [1.54, 1.807) is 0 Å². The van der Waals surface area contributed by atoms with Crippen molar-refractivity contribution in [1.82, 2.24) is 5.32 Å². The number of nitrogens with one attached hydrogen (secondary N) is 1. The van der Waals surface area contributed by atoms with Gasteiger partial charge in [-0.25, -0.2) is 4.79 Å². The Morgan fingerprint density at radius 2 is 1.80 bits per heavy atom. The van der Waals surface area contributed by atoms with Gasteiger partial charge in [0.15, 0.2) is 6.07 Å². The third-order valence-electron chi connectivity index (χ3n) is 2.52. The number of hydrogen-bond acceptors (Lipinski definition) is 4. The van der Waals surface area contributed by atoms with Gasteiger partial charge in [0.25, 0.3) is 0 Å². The number of carbonyl (C=O) groups is 1. The Morgan fingerprint density at radius 3 is 2.20 bits per heavy atom. The maximum atomic E-state index is 10.9. The van der Waals surface area contributed by atoms with Crippen LogP contribution < -0.4 is 5.32 Å². The van der Waals surface area contributed by atoms with Crippen molar-refractivity contribution >= 4 is 5.97 Å². The molecule has 1 heterocycles. The number of carbonyl (C=O) groups excluding carboxylic acids is 1. The van der Waals surface area contributed by atoms with E-state index in [1.165, 1.54) is 6.07 Å². The minimum atomic E-state index is -0.784. The summed E-state index contributed by atoms with van der Waals surface area (Å²) in [5, 5.41) is 11.9. The van der Waals surface area contributed by atoms with Gasteiger partial charge < -0.3 is 10.1 Å². The lowest BCUT2D eigenvalue weighted by Crippen LogP contribution is -2.59. The van der Waals surface area contributed by atoms with Gasteiger partial charge in [-0.15, -0.1) is 0 Å². The van der Waals surface area contributed by atoms with Crippen LogP contribution in [0.25, 0.3) is 0 Å². The molecule has 0 radical (unpaired) electrons. The van der Waals surface area contributed by atoms with Crippen LogP contribution in [0.4, 0.5) is 0 Å². The smallest absolute Gasteiger partial charge is 0.411 e. The summed E-state index contributed by atoms with van der Waals surface area (Å²) < 4.78 is 5.07. The van der Waals surface area contributed by atoms with Crippen molar-refractivity contribution in [3.8, 4) is 6.07 Å². The molecule has 0 aliphatic carbocycles. The average molecular weight is 210 g/mol. The Balaban J connectivity index is 2.68. The predicted molar refractivity (Wildman–Crippen MR) is 56.0 cm³/mol. The third-order valence-corrected chi connectivity index (χ3v) is 2.52. The second-order valence-corrected chi connectivity index (χ2v) is 5.44. The van der Waals surface area contributed by atoms with Crippen molar-refractivity contribution in [3.05, 3.63) is 0 Å². The number of rotatable bonds is 1. The molecule has 1 N–H and O–H groups in total. The highest BCUT2D eigenvalue weighted by Crippen LogP contribution is 2.30. The lowest BCUT2D eigenvalue weighted by molar-refractivity contribution is -0.146. The van der Waals surface area contributed by atoms with Gasteiger partial charge in [0.2, 0.25) is 0 Å². The van der Waals surface area contributed by atoms with Gasteiger partial charge in [-0.05, 0) is 27.7 Å². The molecule has 0 saturated carbocycles. The summed E-state index contributed by atoms with van der Waals surface area (Å²) in [6.07, 6.45) is 1.32. The fraction of sp³-hybridized carbons (Fsp3) is 0.818. The molecule has 0 atom stereocenters. The molecule has 4 heteroatoms. The van der Waals surface area contributed by atoms with Crippen LogP contribution >= 0.6 is 0 Å². The largest absolute Gasteiger partial charge is 0.451 e. The summed E-state index contributed by atoms with van der Waals surface area (Å²) in [5.74, 6) is -0.784. The number of piperidine rings is 1. The van der Waals surface area contributed by atoms with Crippen LogP contribution in [0.15, 0.2) is 0 Å². The fourth-order valence-electron chi connectivity index (χ4n) is 2.49. The molecule has 4 nitrogen and oxygen atoms in total. The minimum absolute atomic E-state index is 0.0673. The first-order valence-electron chi connectivity index (χ1n) is 5.14. The average Bonchev–Trinajstić information content (AvgIpc) is 1.97. The molecular formula is C11H18N2O2. The topological polar surface area (TPSA) is 62.1 Å². The fourth-order valence-corrected chi connectivity index (χ4v) is 2.49. The molecule has 84 valence electrons. The van der Waals surface area contributed by atoms with Crippen LogP contribution in [0.1, 0.15) is 40.5 Å². The first-order chi connectivity index (χ1) is 6.74. The number of ether oxygens (including phenoxy) is 1. The second-order valence-electron chi connectivity index (χ2n) is 5.44. The summed E-state index contributed by atoms with van der Waals surface area (Å²) in [5.41, 5.74) is -0.135. The zero-order chi connectivity index (χ0) is 11.7. The molecule has 0 aromatic rings. The van der Waals surface area contributed by atoms with E-state index >= 15 is 0 Å². The first-order valence-corrected chi connectivity index (χ1v) is 5.14. The molecule has 1 aliphatic heterocycles. The molecule has 1 fully saturated rings. The number of esters is 1. The highest BCUT2D eigenvalue weighted by Gasteiger charge is 2.39. The summed E-state index contributed by atoms with van der Waals surface area (Å²) in [4.78, 5) is 10.9. The molecule has 0 aromatic heterocycles. The van der Waals surface area contributed by atoms with E-state index in [0.29, 0.717) is 0 Å². The van der Waals surface area contributed by atoms with Gasteiger partial charge in [0.05, 0.1) is 0 Å². The van der Waals surface area contributed by atoms with E-state index < -0.39 is 5.97 Å². The van der Waals surface area contributed by atoms with Gasteiger partial charge >= 0.3 is 5.97 Å². The molecule has 1 aliphatic rings. The van der Waals surface area contributed by atoms with Gasteiger partial charge in [-0.2, -0.15) is 5.26 Å². The van der Waals surface area contributed by atoms with E-state index in [4.69, 9.17) is 10.00 Å². The quantitative estimate of drug-likeness (QED) is 0.524. The number of hydrogen-bond donors (Lipinski definition) is 1. The predicted octanol–water partition coefficient (Wildman–Crippen LogP) is 1.36. The van der Waals surface area contributed by atoms with Crippen LogP contribution in [0.2, 0.25) is 0 Å². The molecular weight excluding hydrogens is 192 g/mol. The minimum Gasteiger partial charge on any atom is -0.451 e. The Kier molecular flexibility index (Phi) is 3.05. The molecule has 1 saturated heterocycles. The highest BCUT2D eigenvalue weighted by atomic mass is 16.5. The van der Waals surface area contributed by atoms with Gasteiger partial charge in [-0.3, -0.25) is 0 Å². The van der Waals surface area contributed by atoms with Crippen molar-refractivity contribution < 1.29 is 9.53 Å². The standard InChI is InChI=1S/C11H18N2O2/c1-10(2)5-8(15-9(14)7-12)6-11(3,4)13-10/h8,13H,5-6H2,1-4H3. The Bertz CT molecular complexity index is 286. The van der Waals surface area contributed by atoms with Crippen molar-refractivity contribution in [3.63, 3.8) is 0 Å². The van der Waals surface area contributed by atoms with E-state index in [0.717, 1.165) is 12.8 Å². The van der Waals surface area contributed by atoms with E-state index in [-0.39, 0.29) is 17.2 Å². The highest BCUT2D eigenvalue weighted by molar-refractivity contribution is 5.85. The summed E-state index contributed by atoms with van der Waals surface area (Å²) in [6.45, 7) is 8.28. The van der Waals surface area contributed by atoms with Crippen molar-refractivity contribution in [2.75, 3.05) is 0 Å². The monoisotopic (exact) mass is 210 g/mol. The lowest BCUT2D eigenvalue weighted by Gasteiger charge is -2.45. The van der Waals surface area contributed by atoms with Crippen molar-refractivity contribution in [2.45, 2.75) is 57.7 Å². The summed E-state index contributed by atoms with van der Waals surface area (Å²) >= 11 is 0. The molecule has 0 amide bonds. The summed E-state index contributed by atoms with van der Waals surface area (Å²) in [7, 11) is 0. The van der Waals surface area contributed by atoms with Crippen LogP contribution in [-0.2, 0) is 9.53 Å². The SMILES string of the molecule is CC1(C)CC(OC(=O)C#N)CC(C)(C)N1. The Labute approximate surface area is 90.6 Å². The number of nitriles is 1. The van der Waals surface area contributed by atoms with Crippen LogP contribution in [0.5, 0.6) is 0 Å². The normalized spacial score (nSPS) is 24.2. The van der Waals surface area contributed by atoms with Crippen molar-refractivity contribution in [1.29, 1.82) is 5.26 Å². The van der Waals surface area contributed by atoms with Gasteiger partial charge in [0.1, 0.15) is 6.10 Å². The van der Waals surface area contributed by atoms with Crippen LogP contribution in [0.3, 0.4) is 0 Å². The lowest BCUT2D eigenvalue weighted by atomic mass is 9.81. The molecule has 0 aromatic carbocycles. The molecule has 0 bridgehead atoms. The maximum absolute atomic E-state index is 10.9. The number of nitrogens with zero attached hydrogens (tertiary/aromatic N) is 1. The third kappa shape index (κ3) is 3.52. The van der Waals surface area contributed by atoms with E-state index in [9.17, 15) is 4.79 Å². The maximum Gasteiger partial charge on any atom is 0.411 e. The van der Waals surface area contributed by atoms with Crippen molar-refractivity contribution in [2.24, 2.45) is 0 Å². The van der Waals surface area contributed by atoms with Gasteiger partial charge in [-0.1, -0.05) is 0 Å². The first kappa shape index (κ1) is 12.0. The van der Waals surface area contributed by atoms with E-state index in [1.807, 2.05) is 0 Å². The molecule has 0 spiro atoms. The zero-order valence-electron chi connectivity index (χ0n) is 9.76. The van der Waals surface area contributed by atoms with Gasteiger partial charge in [0, 0.05) is 23.9 Å². The van der Waals surface area contributed by atoms with E-state index in [2.05, 4.69) is 33.0 Å². The molecule has 0 unspecified atom stereocenters. The molecule has 1 rings (SSSR count). The zero-order valence-corrected chi connectivity index (χ0v) is 9.76. The Morgan fingerprint density at radius 1 is 1.33 bits per heavy atom. The van der Waals surface area contributed by atoms with Crippen LogP contribution in [0, 0.1) is 11.3 Å². The molecule has 15 heavy (non-hydrogen) atoms.